The highest BCUT2D eigenvalue weighted by Gasteiger charge is 2.09. The van der Waals surface area contributed by atoms with E-state index < -0.39 is 0 Å². The van der Waals surface area contributed by atoms with Gasteiger partial charge in [-0.3, -0.25) is 0 Å². The Kier molecular flexibility index (Phi) is 3.83. The number of ether oxygens (including phenoxy) is 1. The van der Waals surface area contributed by atoms with Crippen LogP contribution in [0, 0.1) is 5.82 Å². The van der Waals surface area contributed by atoms with Gasteiger partial charge in [-0.25, -0.2) is 4.39 Å². The Labute approximate surface area is 125 Å². The van der Waals surface area contributed by atoms with Crippen LogP contribution >= 0.6 is 11.6 Å². The molecule has 0 saturated carbocycles. The Hall–Kier alpha value is -2.40. The Bertz CT molecular complexity index is 743. The van der Waals surface area contributed by atoms with Crippen molar-refractivity contribution in [3.8, 4) is 17.2 Å². The van der Waals surface area contributed by atoms with Crippen LogP contribution in [0.25, 0.3) is 11.5 Å². The van der Waals surface area contributed by atoms with Crippen molar-refractivity contribution in [3.05, 3.63) is 65.3 Å². The Morgan fingerprint density at radius 2 is 1.90 bits per heavy atom. The molecule has 106 valence electrons. The molecule has 0 aliphatic heterocycles. The van der Waals surface area contributed by atoms with Crippen LogP contribution in [0.1, 0.15) is 5.89 Å². The summed E-state index contributed by atoms with van der Waals surface area (Å²) in [6.07, 6.45) is 0. The maximum atomic E-state index is 13.1. The van der Waals surface area contributed by atoms with E-state index in [1.807, 2.05) is 0 Å². The molecule has 0 unspecified atom stereocenters. The van der Waals surface area contributed by atoms with Gasteiger partial charge in [-0.15, -0.1) is 10.2 Å². The fourth-order valence-corrected chi connectivity index (χ4v) is 1.85. The maximum Gasteiger partial charge on any atom is 0.254 e. The van der Waals surface area contributed by atoms with Crippen LogP contribution in [0.4, 0.5) is 4.39 Å². The Morgan fingerprint density at radius 1 is 1.10 bits per heavy atom. The standard InChI is InChI=1S/C15H10ClFN2O2/c16-11-4-6-13(7-5-11)20-9-14-18-19-15(21-14)10-2-1-3-12(17)8-10/h1-8H,9H2. The molecule has 6 heteroatoms. The fraction of sp³-hybridized carbons (Fsp3) is 0.0667. The molecule has 0 saturated heterocycles. The van der Waals surface area contributed by atoms with E-state index in [9.17, 15) is 4.39 Å². The number of aromatic nitrogens is 2. The molecule has 0 radical (unpaired) electrons. The molecule has 0 fully saturated rings. The quantitative estimate of drug-likeness (QED) is 0.728. The largest absolute Gasteiger partial charge is 0.484 e. The summed E-state index contributed by atoms with van der Waals surface area (Å²) in [5.74, 6) is 0.850. The average molecular weight is 305 g/mol. The summed E-state index contributed by atoms with van der Waals surface area (Å²) in [5, 5.41) is 8.37. The fourth-order valence-electron chi connectivity index (χ4n) is 1.73. The number of benzene rings is 2. The molecule has 4 nitrogen and oxygen atoms in total. The third kappa shape index (κ3) is 3.38. The smallest absolute Gasteiger partial charge is 0.254 e. The molecule has 21 heavy (non-hydrogen) atoms. The van der Waals surface area contributed by atoms with E-state index in [0.717, 1.165) is 0 Å². The van der Waals surface area contributed by atoms with Gasteiger partial charge in [0.25, 0.3) is 5.89 Å². The van der Waals surface area contributed by atoms with Crippen molar-refractivity contribution in [1.82, 2.24) is 10.2 Å². The van der Waals surface area contributed by atoms with Crippen LogP contribution in [0.15, 0.2) is 52.9 Å². The predicted molar refractivity (Wildman–Crippen MR) is 75.5 cm³/mol. The highest BCUT2D eigenvalue weighted by molar-refractivity contribution is 6.30. The van der Waals surface area contributed by atoms with Crippen molar-refractivity contribution in [2.75, 3.05) is 0 Å². The molecule has 1 heterocycles. The van der Waals surface area contributed by atoms with Gasteiger partial charge in [0, 0.05) is 10.6 Å². The van der Waals surface area contributed by atoms with Crippen molar-refractivity contribution in [2.45, 2.75) is 6.61 Å². The summed E-state index contributed by atoms with van der Waals surface area (Å²) in [7, 11) is 0. The highest BCUT2D eigenvalue weighted by Crippen LogP contribution is 2.20. The van der Waals surface area contributed by atoms with Crippen LogP contribution in [0.2, 0.25) is 5.02 Å². The Balaban J connectivity index is 1.69. The van der Waals surface area contributed by atoms with Crippen LogP contribution in [-0.4, -0.2) is 10.2 Å². The molecule has 0 spiro atoms. The second-order valence-corrected chi connectivity index (χ2v) is 4.69. The van der Waals surface area contributed by atoms with Crippen molar-refractivity contribution in [3.63, 3.8) is 0 Å². The molecule has 0 bridgehead atoms. The van der Waals surface area contributed by atoms with Gasteiger partial charge in [-0.05, 0) is 42.5 Å². The van der Waals surface area contributed by atoms with Crippen LogP contribution < -0.4 is 4.74 Å². The second-order valence-electron chi connectivity index (χ2n) is 4.25. The van der Waals surface area contributed by atoms with Crippen LogP contribution in [-0.2, 0) is 6.61 Å². The molecule has 0 aliphatic carbocycles. The number of nitrogens with zero attached hydrogens (tertiary/aromatic N) is 2. The summed E-state index contributed by atoms with van der Waals surface area (Å²) < 4.78 is 24.1. The molecule has 0 atom stereocenters. The molecular formula is C15H10ClFN2O2. The third-order valence-electron chi connectivity index (χ3n) is 2.71. The minimum atomic E-state index is -0.357. The van der Waals surface area contributed by atoms with Gasteiger partial charge >= 0.3 is 0 Å². The molecule has 3 aromatic rings. The lowest BCUT2D eigenvalue weighted by atomic mass is 10.2. The van der Waals surface area contributed by atoms with Crippen molar-refractivity contribution >= 4 is 11.6 Å². The van der Waals surface area contributed by atoms with E-state index in [-0.39, 0.29) is 18.3 Å². The summed E-state index contributed by atoms with van der Waals surface area (Å²) in [6, 6.07) is 12.9. The van der Waals surface area contributed by atoms with Gasteiger partial charge in [0.1, 0.15) is 11.6 Å². The number of rotatable bonds is 4. The van der Waals surface area contributed by atoms with E-state index in [4.69, 9.17) is 20.8 Å². The van der Waals surface area contributed by atoms with Crippen molar-refractivity contribution < 1.29 is 13.5 Å². The van der Waals surface area contributed by atoms with E-state index >= 15 is 0 Å². The Morgan fingerprint density at radius 3 is 2.67 bits per heavy atom. The van der Waals surface area contributed by atoms with Gasteiger partial charge in [0.05, 0.1) is 0 Å². The van der Waals surface area contributed by atoms with Gasteiger partial charge in [-0.1, -0.05) is 17.7 Å². The second kappa shape index (κ2) is 5.93. The zero-order valence-electron chi connectivity index (χ0n) is 10.8. The first kappa shape index (κ1) is 13.6. The molecule has 2 aromatic carbocycles. The number of hydrogen-bond donors (Lipinski definition) is 0. The monoisotopic (exact) mass is 304 g/mol. The zero-order chi connectivity index (χ0) is 14.7. The van der Waals surface area contributed by atoms with Gasteiger partial charge in [-0.2, -0.15) is 0 Å². The molecule has 3 rings (SSSR count). The maximum absolute atomic E-state index is 13.1. The summed E-state index contributed by atoms with van der Waals surface area (Å²) >= 11 is 5.79. The topological polar surface area (TPSA) is 48.2 Å². The molecule has 0 amide bonds. The normalized spacial score (nSPS) is 10.6. The average Bonchev–Trinajstić information content (AvgIpc) is 2.96. The molecule has 0 aliphatic rings. The predicted octanol–water partition coefficient (Wildman–Crippen LogP) is 4.11. The zero-order valence-corrected chi connectivity index (χ0v) is 11.5. The van der Waals surface area contributed by atoms with Crippen LogP contribution in [0.3, 0.4) is 0 Å². The van der Waals surface area contributed by atoms with Gasteiger partial charge in [0.15, 0.2) is 6.61 Å². The lowest BCUT2D eigenvalue weighted by molar-refractivity contribution is 0.264. The minimum absolute atomic E-state index is 0.129. The first-order valence-electron chi connectivity index (χ1n) is 6.17. The van der Waals surface area contributed by atoms with E-state index in [2.05, 4.69) is 10.2 Å². The van der Waals surface area contributed by atoms with Crippen LogP contribution in [0.5, 0.6) is 5.75 Å². The third-order valence-corrected chi connectivity index (χ3v) is 2.97. The highest BCUT2D eigenvalue weighted by atomic mass is 35.5. The van der Waals surface area contributed by atoms with E-state index in [1.165, 1.54) is 12.1 Å². The van der Waals surface area contributed by atoms with E-state index in [1.54, 1.807) is 36.4 Å². The van der Waals surface area contributed by atoms with Crippen molar-refractivity contribution in [2.24, 2.45) is 0 Å². The molecular weight excluding hydrogens is 295 g/mol. The first-order valence-corrected chi connectivity index (χ1v) is 6.55. The summed E-state index contributed by atoms with van der Waals surface area (Å²) in [6.45, 7) is 0.129. The van der Waals surface area contributed by atoms with E-state index in [0.29, 0.717) is 22.2 Å². The minimum Gasteiger partial charge on any atom is -0.484 e. The van der Waals surface area contributed by atoms with Gasteiger partial charge < -0.3 is 9.15 Å². The summed E-state index contributed by atoms with van der Waals surface area (Å²) in [4.78, 5) is 0. The molecule has 1 aromatic heterocycles. The lowest BCUT2D eigenvalue weighted by Gasteiger charge is -2.02. The first-order chi connectivity index (χ1) is 10.2. The lowest BCUT2D eigenvalue weighted by Crippen LogP contribution is -1.95. The number of halogens is 2. The SMILES string of the molecule is Fc1cccc(-c2nnc(COc3ccc(Cl)cc3)o2)c1. The number of hydrogen-bond acceptors (Lipinski definition) is 4. The van der Waals surface area contributed by atoms with Crippen molar-refractivity contribution in [1.29, 1.82) is 0 Å². The molecule has 0 N–H and O–H groups in total. The van der Waals surface area contributed by atoms with Gasteiger partial charge in [0.2, 0.25) is 5.89 Å². The summed E-state index contributed by atoms with van der Waals surface area (Å²) in [5.41, 5.74) is 0.528.